The summed E-state index contributed by atoms with van der Waals surface area (Å²) in [4.78, 5) is 12.7. The first-order chi connectivity index (χ1) is 8.58. The zero-order valence-corrected chi connectivity index (χ0v) is 11.6. The molecule has 0 saturated heterocycles. The van der Waals surface area contributed by atoms with E-state index in [0.717, 1.165) is 12.3 Å². The highest BCUT2D eigenvalue weighted by Gasteiger charge is 2.20. The van der Waals surface area contributed by atoms with E-state index >= 15 is 0 Å². The highest BCUT2D eigenvalue weighted by molar-refractivity contribution is 5.79. The number of nitrogens with one attached hydrogen (secondary N) is 2. The number of hydrogen-bond donors (Lipinski definition) is 2. The van der Waals surface area contributed by atoms with Crippen LogP contribution in [0.25, 0.3) is 0 Å². The van der Waals surface area contributed by atoms with Gasteiger partial charge in [-0.1, -0.05) is 0 Å². The summed E-state index contributed by atoms with van der Waals surface area (Å²) in [5, 5.41) is 2.68. The molecule has 0 radical (unpaired) electrons. The second-order valence-electron chi connectivity index (χ2n) is 4.44. The van der Waals surface area contributed by atoms with Crippen LogP contribution in [0.1, 0.15) is 19.4 Å². The maximum atomic E-state index is 11.5. The Morgan fingerprint density at radius 1 is 1.39 bits per heavy atom. The van der Waals surface area contributed by atoms with Crippen molar-refractivity contribution in [3.8, 4) is 5.75 Å². The Bertz CT molecular complexity index is 376. The number of rotatable bonds is 6. The fraction of sp³-hybridized carbons (Fsp3) is 0.500. The number of quaternary nitrogens is 1. The molecule has 4 nitrogen and oxygen atoms in total. The van der Waals surface area contributed by atoms with E-state index in [4.69, 9.17) is 4.74 Å². The van der Waals surface area contributed by atoms with E-state index in [2.05, 4.69) is 5.32 Å². The van der Waals surface area contributed by atoms with Crippen molar-refractivity contribution in [2.45, 2.75) is 26.4 Å². The number of carbonyl (C=O) groups excluding carboxylic acids is 1. The summed E-state index contributed by atoms with van der Waals surface area (Å²) in [6.45, 7) is 5.40. The van der Waals surface area contributed by atoms with Crippen molar-refractivity contribution in [2.75, 3.05) is 20.7 Å². The minimum absolute atomic E-state index is 0.0541. The topological polar surface area (TPSA) is 42.8 Å². The molecule has 1 aromatic carbocycles. The second-order valence-corrected chi connectivity index (χ2v) is 4.44. The van der Waals surface area contributed by atoms with Gasteiger partial charge in [-0.15, -0.1) is 0 Å². The molecular weight excluding hydrogens is 228 g/mol. The second kappa shape index (κ2) is 7.01. The molecule has 1 unspecified atom stereocenters. The van der Waals surface area contributed by atoms with Crippen molar-refractivity contribution in [3.05, 3.63) is 29.8 Å². The number of hydrogen-bond acceptors (Lipinski definition) is 2. The number of likely N-dealkylation sites (N-methyl/N-ethyl adjacent to an activating group) is 2. The van der Waals surface area contributed by atoms with Crippen molar-refractivity contribution < 1.29 is 14.4 Å². The van der Waals surface area contributed by atoms with E-state index in [0.29, 0.717) is 6.61 Å². The van der Waals surface area contributed by atoms with Gasteiger partial charge in [-0.3, -0.25) is 4.79 Å². The van der Waals surface area contributed by atoms with Crippen LogP contribution in [0.3, 0.4) is 0 Å². The molecule has 0 aliphatic rings. The lowest BCUT2D eigenvalue weighted by molar-refractivity contribution is -0.908. The quantitative estimate of drug-likeness (QED) is 0.760. The third-order valence-corrected chi connectivity index (χ3v) is 3.10. The van der Waals surface area contributed by atoms with Crippen LogP contribution in [0, 0.1) is 0 Å². The minimum Gasteiger partial charge on any atom is -0.494 e. The molecule has 2 atom stereocenters. The van der Waals surface area contributed by atoms with Gasteiger partial charge in [0, 0.05) is 12.6 Å². The highest BCUT2D eigenvalue weighted by Crippen LogP contribution is 2.11. The minimum atomic E-state index is -0.0541. The van der Waals surface area contributed by atoms with E-state index < -0.39 is 0 Å². The lowest BCUT2D eigenvalue weighted by atomic mass is 10.2. The number of ether oxygens (including phenoxy) is 1. The van der Waals surface area contributed by atoms with Gasteiger partial charge < -0.3 is 15.0 Å². The predicted molar refractivity (Wildman–Crippen MR) is 71.7 cm³/mol. The summed E-state index contributed by atoms with van der Waals surface area (Å²) >= 11 is 0. The summed E-state index contributed by atoms with van der Waals surface area (Å²) in [5.74, 6) is 0.955. The Morgan fingerprint density at radius 2 is 2.00 bits per heavy atom. The van der Waals surface area contributed by atoms with Gasteiger partial charge in [0.2, 0.25) is 0 Å². The first-order valence-corrected chi connectivity index (χ1v) is 6.34. The summed E-state index contributed by atoms with van der Waals surface area (Å²) in [6.07, 6.45) is 0. The van der Waals surface area contributed by atoms with Gasteiger partial charge in [-0.05, 0) is 38.1 Å². The van der Waals surface area contributed by atoms with Crippen LogP contribution in [0.15, 0.2) is 24.3 Å². The van der Waals surface area contributed by atoms with Crippen molar-refractivity contribution in [1.82, 2.24) is 5.32 Å². The normalized spacial score (nSPS) is 13.8. The van der Waals surface area contributed by atoms with Crippen molar-refractivity contribution >= 4 is 5.91 Å². The lowest BCUT2D eigenvalue weighted by Gasteiger charge is -2.20. The van der Waals surface area contributed by atoms with E-state index in [9.17, 15) is 4.79 Å². The average molecular weight is 251 g/mol. The summed E-state index contributed by atoms with van der Waals surface area (Å²) < 4.78 is 5.40. The first kappa shape index (κ1) is 14.5. The van der Waals surface area contributed by atoms with Gasteiger partial charge >= 0.3 is 0 Å². The zero-order chi connectivity index (χ0) is 13.5. The van der Waals surface area contributed by atoms with E-state index in [1.807, 2.05) is 45.2 Å². The molecule has 100 valence electrons. The Morgan fingerprint density at radius 3 is 2.50 bits per heavy atom. The Kier molecular flexibility index (Phi) is 5.65. The number of benzene rings is 1. The molecule has 1 rings (SSSR count). The third kappa shape index (κ3) is 4.04. The first-order valence-electron chi connectivity index (χ1n) is 6.34. The van der Waals surface area contributed by atoms with Crippen molar-refractivity contribution in [1.29, 1.82) is 0 Å². The SMILES string of the molecule is CCOc1ccc(C[NH+](C)[C@@H](C)C(=O)NC)cc1. The molecule has 0 aliphatic heterocycles. The molecule has 0 aromatic heterocycles. The van der Waals surface area contributed by atoms with Crippen LogP contribution < -0.4 is 15.0 Å². The monoisotopic (exact) mass is 251 g/mol. The van der Waals surface area contributed by atoms with Crippen molar-refractivity contribution in [3.63, 3.8) is 0 Å². The van der Waals surface area contributed by atoms with Crippen LogP contribution >= 0.6 is 0 Å². The van der Waals surface area contributed by atoms with Gasteiger partial charge in [0.05, 0.1) is 13.7 Å². The molecule has 18 heavy (non-hydrogen) atoms. The highest BCUT2D eigenvalue weighted by atomic mass is 16.5. The fourth-order valence-electron chi connectivity index (χ4n) is 1.79. The molecule has 0 fully saturated rings. The summed E-state index contributed by atoms with van der Waals surface area (Å²) in [7, 11) is 3.69. The van der Waals surface area contributed by atoms with Gasteiger partial charge in [-0.25, -0.2) is 0 Å². The molecule has 0 spiro atoms. The van der Waals surface area contributed by atoms with Crippen LogP contribution in [-0.2, 0) is 11.3 Å². The maximum absolute atomic E-state index is 11.5. The van der Waals surface area contributed by atoms with Crippen LogP contribution in [-0.4, -0.2) is 32.7 Å². The van der Waals surface area contributed by atoms with Crippen molar-refractivity contribution in [2.24, 2.45) is 0 Å². The molecular formula is C14H23N2O2+. The van der Waals surface area contributed by atoms with E-state index in [1.54, 1.807) is 7.05 Å². The Balaban J connectivity index is 2.58. The summed E-state index contributed by atoms with van der Waals surface area (Å²) in [5.41, 5.74) is 1.20. The van der Waals surface area contributed by atoms with Crippen LogP contribution in [0.2, 0.25) is 0 Å². The van der Waals surface area contributed by atoms with Gasteiger partial charge in [0.25, 0.3) is 5.91 Å². The average Bonchev–Trinajstić information content (AvgIpc) is 2.39. The Hall–Kier alpha value is -1.55. The third-order valence-electron chi connectivity index (χ3n) is 3.10. The molecule has 2 N–H and O–H groups in total. The lowest BCUT2D eigenvalue weighted by Crippen LogP contribution is -3.12. The number of carbonyl (C=O) groups is 1. The van der Waals surface area contributed by atoms with E-state index in [1.165, 1.54) is 10.5 Å². The smallest absolute Gasteiger partial charge is 0.277 e. The standard InChI is InChI=1S/C14H22N2O2/c1-5-18-13-8-6-12(7-9-13)10-16(4)11(2)14(17)15-3/h6-9,11H,5,10H2,1-4H3,(H,15,17)/p+1/t11-/m0/s1. The largest absolute Gasteiger partial charge is 0.494 e. The molecule has 0 bridgehead atoms. The zero-order valence-electron chi connectivity index (χ0n) is 11.6. The van der Waals surface area contributed by atoms with Crippen LogP contribution in [0.5, 0.6) is 5.75 Å². The molecule has 4 heteroatoms. The predicted octanol–water partition coefficient (Wildman–Crippen LogP) is 0.235. The maximum Gasteiger partial charge on any atom is 0.277 e. The number of amides is 1. The van der Waals surface area contributed by atoms with Gasteiger partial charge in [0.15, 0.2) is 6.04 Å². The molecule has 1 aromatic rings. The van der Waals surface area contributed by atoms with Crippen LogP contribution in [0.4, 0.5) is 0 Å². The van der Waals surface area contributed by atoms with E-state index in [-0.39, 0.29) is 11.9 Å². The molecule has 0 heterocycles. The fourth-order valence-corrected chi connectivity index (χ4v) is 1.79. The molecule has 0 aliphatic carbocycles. The Labute approximate surface area is 109 Å². The van der Waals surface area contributed by atoms with Gasteiger partial charge in [-0.2, -0.15) is 0 Å². The summed E-state index contributed by atoms with van der Waals surface area (Å²) in [6, 6.07) is 7.98. The van der Waals surface area contributed by atoms with Gasteiger partial charge in [0.1, 0.15) is 12.3 Å². The molecule has 1 amide bonds. The molecule has 0 saturated carbocycles.